The minimum Gasteiger partial charge on any atom is -0.360 e. The number of nitrogens with zero attached hydrogens (tertiary/aromatic N) is 3. The van der Waals surface area contributed by atoms with Crippen molar-refractivity contribution in [2.24, 2.45) is 0 Å². The van der Waals surface area contributed by atoms with Gasteiger partial charge in [0.2, 0.25) is 0 Å². The molecule has 0 N–H and O–H groups in total. The molecule has 1 saturated heterocycles. The summed E-state index contributed by atoms with van der Waals surface area (Å²) in [7, 11) is -1.09. The van der Waals surface area contributed by atoms with Crippen LogP contribution in [0.5, 0.6) is 0 Å². The first kappa shape index (κ1) is 25.9. The maximum atomic E-state index is 6.03. The summed E-state index contributed by atoms with van der Waals surface area (Å²) >= 11 is 0. The highest BCUT2D eigenvalue weighted by Gasteiger charge is 2.40. The van der Waals surface area contributed by atoms with E-state index in [0.29, 0.717) is 6.73 Å². The molecule has 0 amide bonds. The number of ether oxygens (including phenoxy) is 1. The molecular weight excluding hydrogens is 470 g/mol. The van der Waals surface area contributed by atoms with Crippen molar-refractivity contribution in [1.29, 1.82) is 0 Å². The Labute approximate surface area is 223 Å². The number of likely N-dealkylation sites (tertiary alicyclic amines) is 1. The molecule has 0 bridgehead atoms. The van der Waals surface area contributed by atoms with E-state index in [1.807, 2.05) is 10.9 Å². The molecule has 5 rings (SSSR count). The van der Waals surface area contributed by atoms with Crippen molar-refractivity contribution in [3.63, 3.8) is 0 Å². The molecule has 0 spiro atoms. The first-order valence-corrected chi connectivity index (χ1v) is 17.4. The normalized spacial score (nSPS) is 18.6. The van der Waals surface area contributed by atoms with Gasteiger partial charge in [-0.3, -0.25) is 4.90 Å². The van der Waals surface area contributed by atoms with Gasteiger partial charge in [-0.1, -0.05) is 80.3 Å². The highest BCUT2D eigenvalue weighted by molar-refractivity contribution is 6.76. The lowest BCUT2D eigenvalue weighted by molar-refractivity contribution is 0.0817. The SMILES string of the molecule is Cc1cc2c(cnn2COCC[Si](C)(C)C)cc1C1(Cc2ccccc2)CCN(Cc2ccccc2)C1. The van der Waals surface area contributed by atoms with Crippen LogP contribution in [0.3, 0.4) is 0 Å². The van der Waals surface area contributed by atoms with Crippen LogP contribution in [0.2, 0.25) is 25.7 Å². The van der Waals surface area contributed by atoms with Gasteiger partial charge in [0, 0.05) is 38.6 Å². The van der Waals surface area contributed by atoms with Crippen LogP contribution in [0.15, 0.2) is 79.0 Å². The molecule has 3 aromatic carbocycles. The minimum absolute atomic E-state index is 0.0876. The summed E-state index contributed by atoms with van der Waals surface area (Å²) in [6, 6.07) is 27.8. The van der Waals surface area contributed by atoms with Crippen LogP contribution in [0, 0.1) is 6.92 Å². The predicted octanol–water partition coefficient (Wildman–Crippen LogP) is 7.04. The van der Waals surface area contributed by atoms with E-state index in [1.54, 1.807) is 0 Å². The van der Waals surface area contributed by atoms with Gasteiger partial charge in [0.05, 0.1) is 11.7 Å². The molecule has 37 heavy (non-hydrogen) atoms. The third-order valence-electron chi connectivity index (χ3n) is 7.84. The molecule has 1 atom stereocenters. The highest BCUT2D eigenvalue weighted by atomic mass is 28.3. The zero-order valence-electron chi connectivity index (χ0n) is 22.9. The Hall–Kier alpha value is -2.73. The van der Waals surface area contributed by atoms with E-state index in [9.17, 15) is 0 Å². The smallest absolute Gasteiger partial charge is 0.139 e. The molecule has 0 aliphatic carbocycles. The van der Waals surface area contributed by atoms with E-state index >= 15 is 0 Å². The van der Waals surface area contributed by atoms with Gasteiger partial charge >= 0.3 is 0 Å². The van der Waals surface area contributed by atoms with E-state index in [0.717, 1.165) is 39.1 Å². The first-order valence-electron chi connectivity index (χ1n) is 13.7. The molecule has 5 heteroatoms. The Morgan fingerprint density at radius 3 is 2.35 bits per heavy atom. The Bertz CT molecular complexity index is 1310. The maximum absolute atomic E-state index is 6.03. The monoisotopic (exact) mass is 511 g/mol. The molecule has 0 saturated carbocycles. The van der Waals surface area contributed by atoms with Crippen molar-refractivity contribution in [2.45, 2.75) is 64.1 Å². The second-order valence-corrected chi connectivity index (χ2v) is 17.7. The third-order valence-corrected chi connectivity index (χ3v) is 9.54. The number of rotatable bonds is 10. The van der Waals surface area contributed by atoms with Gasteiger partial charge in [0.15, 0.2) is 0 Å². The van der Waals surface area contributed by atoms with Gasteiger partial charge in [-0.25, -0.2) is 4.68 Å². The first-order chi connectivity index (χ1) is 17.8. The van der Waals surface area contributed by atoms with E-state index in [4.69, 9.17) is 9.84 Å². The van der Waals surface area contributed by atoms with Crippen molar-refractivity contribution in [3.8, 4) is 0 Å². The molecule has 2 heterocycles. The number of hydrogen-bond acceptors (Lipinski definition) is 3. The molecule has 1 aromatic heterocycles. The van der Waals surface area contributed by atoms with Crippen LogP contribution < -0.4 is 0 Å². The minimum atomic E-state index is -1.09. The molecule has 1 fully saturated rings. The van der Waals surface area contributed by atoms with Crippen molar-refractivity contribution < 1.29 is 4.74 Å². The topological polar surface area (TPSA) is 30.3 Å². The number of aromatic nitrogens is 2. The zero-order valence-corrected chi connectivity index (χ0v) is 23.9. The van der Waals surface area contributed by atoms with E-state index < -0.39 is 8.07 Å². The number of aryl methyl sites for hydroxylation is 1. The maximum Gasteiger partial charge on any atom is 0.139 e. The summed E-state index contributed by atoms with van der Waals surface area (Å²) in [5.41, 5.74) is 6.89. The summed E-state index contributed by atoms with van der Waals surface area (Å²) < 4.78 is 8.05. The molecule has 4 aromatic rings. The van der Waals surface area contributed by atoms with Gasteiger partial charge < -0.3 is 4.74 Å². The second-order valence-electron chi connectivity index (χ2n) is 12.1. The van der Waals surface area contributed by atoms with Crippen LogP contribution in [-0.2, 0) is 29.8 Å². The summed E-state index contributed by atoms with van der Waals surface area (Å²) in [5, 5.41) is 5.92. The lowest BCUT2D eigenvalue weighted by Gasteiger charge is -2.32. The number of fused-ring (bicyclic) bond motifs is 1. The van der Waals surface area contributed by atoms with E-state index in [-0.39, 0.29) is 5.41 Å². The van der Waals surface area contributed by atoms with Crippen LogP contribution in [0.4, 0.5) is 0 Å². The van der Waals surface area contributed by atoms with Crippen LogP contribution in [0.25, 0.3) is 10.9 Å². The number of hydrogen-bond donors (Lipinski definition) is 0. The van der Waals surface area contributed by atoms with Crippen LogP contribution in [-0.4, -0.2) is 42.5 Å². The molecule has 194 valence electrons. The van der Waals surface area contributed by atoms with Gasteiger partial charge in [-0.05, 0) is 66.7 Å². The second kappa shape index (κ2) is 10.9. The van der Waals surface area contributed by atoms with Crippen molar-refractivity contribution in [1.82, 2.24) is 14.7 Å². The Balaban J connectivity index is 1.42. The van der Waals surface area contributed by atoms with Crippen molar-refractivity contribution >= 4 is 19.0 Å². The van der Waals surface area contributed by atoms with E-state index in [1.165, 1.54) is 39.2 Å². The fraction of sp³-hybridized carbons (Fsp3) is 0.406. The quantitative estimate of drug-likeness (QED) is 0.169. The summed E-state index contributed by atoms with van der Waals surface area (Å²) in [5.74, 6) is 0. The molecule has 1 aliphatic rings. The largest absolute Gasteiger partial charge is 0.360 e. The third kappa shape index (κ3) is 6.23. The van der Waals surface area contributed by atoms with Gasteiger partial charge in [-0.2, -0.15) is 5.10 Å². The van der Waals surface area contributed by atoms with Gasteiger partial charge in [0.25, 0.3) is 0 Å². The summed E-state index contributed by atoms with van der Waals surface area (Å²) in [6.45, 7) is 14.0. The van der Waals surface area contributed by atoms with Crippen molar-refractivity contribution in [3.05, 3.63) is 101 Å². The predicted molar refractivity (Wildman–Crippen MR) is 157 cm³/mol. The van der Waals surface area contributed by atoms with Crippen molar-refractivity contribution in [2.75, 3.05) is 19.7 Å². The van der Waals surface area contributed by atoms with Gasteiger partial charge in [0.1, 0.15) is 6.73 Å². The Kier molecular flexibility index (Phi) is 7.66. The molecule has 4 nitrogen and oxygen atoms in total. The Morgan fingerprint density at radius 1 is 0.946 bits per heavy atom. The molecule has 0 radical (unpaired) electrons. The standard InChI is InChI=1S/C32H41N3OSi/c1-26-19-31-29(22-33-35(31)25-36-17-18-37(2,3)4)20-30(26)32(21-27-11-7-5-8-12-27)15-16-34(24-32)23-28-13-9-6-10-14-28/h5-14,19-20,22H,15-18,21,23-25H2,1-4H3. The highest BCUT2D eigenvalue weighted by Crippen LogP contribution is 2.41. The lowest BCUT2D eigenvalue weighted by Crippen LogP contribution is -2.34. The lowest BCUT2D eigenvalue weighted by atomic mass is 9.73. The molecule has 1 unspecified atom stereocenters. The summed E-state index contributed by atoms with van der Waals surface area (Å²) in [6.07, 6.45) is 4.24. The molecular formula is C32H41N3OSi. The summed E-state index contributed by atoms with van der Waals surface area (Å²) in [4.78, 5) is 2.64. The Morgan fingerprint density at radius 2 is 1.65 bits per heavy atom. The van der Waals surface area contributed by atoms with E-state index in [2.05, 4.69) is 104 Å². The number of benzene rings is 3. The fourth-order valence-electron chi connectivity index (χ4n) is 5.81. The zero-order chi connectivity index (χ0) is 25.9. The fourth-order valence-corrected chi connectivity index (χ4v) is 6.57. The van der Waals surface area contributed by atoms with Crippen LogP contribution >= 0.6 is 0 Å². The average molecular weight is 512 g/mol. The van der Waals surface area contributed by atoms with Gasteiger partial charge in [-0.15, -0.1) is 0 Å². The molecule has 1 aliphatic heterocycles. The average Bonchev–Trinajstić information content (AvgIpc) is 3.46. The van der Waals surface area contributed by atoms with Crippen LogP contribution in [0.1, 0.15) is 28.7 Å².